The number of esters is 1. The quantitative estimate of drug-likeness (QED) is 0.610. The summed E-state index contributed by atoms with van der Waals surface area (Å²) in [5, 5.41) is 0. The third kappa shape index (κ3) is 3.69. The number of aromatic nitrogens is 1. The molecule has 2 heterocycles. The summed E-state index contributed by atoms with van der Waals surface area (Å²) in [5.41, 5.74) is 0. The number of pyridine rings is 1. The van der Waals surface area contributed by atoms with E-state index in [1.807, 2.05) is 0 Å². The number of amides is 1. The molecule has 0 spiro atoms. The number of rotatable bonds is 3. The molecule has 1 fully saturated rings. The van der Waals surface area contributed by atoms with Crippen LogP contribution in [0.5, 0.6) is 5.75 Å². The number of nitrogens with zero attached hydrogens (tertiary/aromatic N) is 2. The van der Waals surface area contributed by atoms with Gasteiger partial charge in [0.25, 0.3) is 0 Å². The first-order chi connectivity index (χ1) is 9.70. The predicted molar refractivity (Wildman–Crippen MR) is 71.1 cm³/mol. The minimum atomic E-state index is -0.794. The summed E-state index contributed by atoms with van der Waals surface area (Å²) in [4.78, 5) is 28.7. The normalized spacial score (nSPS) is 18.4. The second-order valence-electron chi connectivity index (χ2n) is 4.54. The fourth-order valence-electron chi connectivity index (χ4n) is 2.15. The number of hydrogen-bond acceptors (Lipinski definition) is 5. The van der Waals surface area contributed by atoms with Crippen molar-refractivity contribution in [3.63, 3.8) is 0 Å². The lowest BCUT2D eigenvalue weighted by Gasteiger charge is -2.32. The van der Waals surface area contributed by atoms with Crippen LogP contribution in [0.3, 0.4) is 0 Å². The largest absolute Gasteiger partial charge is 0.488 e. The molecule has 0 aromatic carbocycles. The Morgan fingerprint density at radius 2 is 2.15 bits per heavy atom. The Morgan fingerprint density at radius 3 is 2.85 bits per heavy atom. The van der Waals surface area contributed by atoms with Crippen molar-refractivity contribution < 1.29 is 19.1 Å². The maximum atomic E-state index is 11.9. The van der Waals surface area contributed by atoms with Gasteiger partial charge in [0.2, 0.25) is 0 Å². The number of carbonyl (C=O) groups excluding carboxylic acids is 2. The molecule has 1 aliphatic heterocycles. The molecular weight excluding hydrogens is 260 g/mol. The van der Waals surface area contributed by atoms with E-state index >= 15 is 0 Å². The smallest absolute Gasteiger partial charge is 0.397 e. The molecule has 1 aliphatic rings. The minimum Gasteiger partial charge on any atom is -0.488 e. The zero-order valence-corrected chi connectivity index (χ0v) is 11.4. The summed E-state index contributed by atoms with van der Waals surface area (Å²) >= 11 is 0. The third-order valence-electron chi connectivity index (χ3n) is 3.07. The van der Waals surface area contributed by atoms with Crippen LogP contribution in [0.4, 0.5) is 0 Å². The molecule has 0 saturated carbocycles. The van der Waals surface area contributed by atoms with E-state index in [0.717, 1.165) is 18.6 Å². The monoisotopic (exact) mass is 278 g/mol. The summed E-state index contributed by atoms with van der Waals surface area (Å²) in [5.74, 6) is -0.664. The van der Waals surface area contributed by atoms with Crippen LogP contribution in [0.1, 0.15) is 19.8 Å². The molecule has 1 amide bonds. The van der Waals surface area contributed by atoms with Gasteiger partial charge in [0.05, 0.1) is 13.2 Å². The first-order valence-corrected chi connectivity index (χ1v) is 6.73. The average molecular weight is 278 g/mol. The SMILES string of the molecule is CCOC(=O)C(=O)N1CCCC(Oc2ccncc2)C1. The highest BCUT2D eigenvalue weighted by Gasteiger charge is 2.29. The summed E-state index contributed by atoms with van der Waals surface area (Å²) in [7, 11) is 0. The van der Waals surface area contributed by atoms with Crippen molar-refractivity contribution in [3.05, 3.63) is 24.5 Å². The van der Waals surface area contributed by atoms with Gasteiger partial charge < -0.3 is 14.4 Å². The lowest BCUT2D eigenvalue weighted by atomic mass is 10.1. The standard InChI is InChI=1S/C14H18N2O4/c1-2-19-14(18)13(17)16-9-3-4-12(10-16)20-11-5-7-15-8-6-11/h5-8,12H,2-4,9-10H2,1H3. The molecule has 1 saturated heterocycles. The first-order valence-electron chi connectivity index (χ1n) is 6.73. The summed E-state index contributed by atoms with van der Waals surface area (Å²) < 4.78 is 10.5. The zero-order chi connectivity index (χ0) is 14.4. The van der Waals surface area contributed by atoms with Crippen molar-refractivity contribution >= 4 is 11.9 Å². The minimum absolute atomic E-state index is 0.107. The topological polar surface area (TPSA) is 68.7 Å². The predicted octanol–water partition coefficient (Wildman–Crippen LogP) is 1.01. The van der Waals surface area contributed by atoms with E-state index in [2.05, 4.69) is 4.98 Å². The first kappa shape index (κ1) is 14.3. The van der Waals surface area contributed by atoms with Crippen LogP contribution >= 0.6 is 0 Å². The Labute approximate surface area is 117 Å². The molecule has 0 bridgehead atoms. The van der Waals surface area contributed by atoms with Crippen LogP contribution in [-0.4, -0.2) is 47.6 Å². The molecule has 1 unspecified atom stereocenters. The van der Waals surface area contributed by atoms with E-state index in [1.165, 1.54) is 4.90 Å². The lowest BCUT2D eigenvalue weighted by Crippen LogP contribution is -2.47. The van der Waals surface area contributed by atoms with Gasteiger partial charge in [-0.05, 0) is 31.9 Å². The van der Waals surface area contributed by atoms with Gasteiger partial charge in [-0.25, -0.2) is 4.79 Å². The van der Waals surface area contributed by atoms with Gasteiger partial charge in [-0.1, -0.05) is 0 Å². The van der Waals surface area contributed by atoms with E-state index in [0.29, 0.717) is 13.1 Å². The Balaban J connectivity index is 1.91. The molecule has 0 radical (unpaired) electrons. The fourth-order valence-corrected chi connectivity index (χ4v) is 2.15. The van der Waals surface area contributed by atoms with Gasteiger partial charge in [-0.3, -0.25) is 9.78 Å². The van der Waals surface area contributed by atoms with Crippen LogP contribution in [0.2, 0.25) is 0 Å². The Hall–Kier alpha value is -2.11. The highest BCUT2D eigenvalue weighted by Crippen LogP contribution is 2.17. The molecule has 6 nitrogen and oxygen atoms in total. The summed E-state index contributed by atoms with van der Waals surface area (Å²) in [6.07, 6.45) is 4.86. The van der Waals surface area contributed by atoms with Crippen molar-refractivity contribution in [2.75, 3.05) is 19.7 Å². The van der Waals surface area contributed by atoms with Crippen LogP contribution in [0.15, 0.2) is 24.5 Å². The Morgan fingerprint density at radius 1 is 1.40 bits per heavy atom. The molecule has 2 rings (SSSR count). The number of carbonyl (C=O) groups is 2. The molecule has 6 heteroatoms. The van der Waals surface area contributed by atoms with Crippen LogP contribution in [0, 0.1) is 0 Å². The molecule has 108 valence electrons. The van der Waals surface area contributed by atoms with Gasteiger partial charge in [0.1, 0.15) is 11.9 Å². The summed E-state index contributed by atoms with van der Waals surface area (Å²) in [6, 6.07) is 3.54. The molecule has 0 aliphatic carbocycles. The fraction of sp³-hybridized carbons (Fsp3) is 0.500. The maximum absolute atomic E-state index is 11.9. The average Bonchev–Trinajstić information content (AvgIpc) is 2.48. The number of ether oxygens (including phenoxy) is 2. The van der Waals surface area contributed by atoms with Crippen LogP contribution < -0.4 is 4.74 Å². The van der Waals surface area contributed by atoms with Crippen molar-refractivity contribution in [2.24, 2.45) is 0 Å². The number of likely N-dealkylation sites (tertiary alicyclic amines) is 1. The van der Waals surface area contributed by atoms with E-state index < -0.39 is 11.9 Å². The van der Waals surface area contributed by atoms with Gasteiger partial charge in [0, 0.05) is 18.9 Å². The molecule has 1 atom stereocenters. The second kappa shape index (κ2) is 6.88. The van der Waals surface area contributed by atoms with E-state index in [-0.39, 0.29) is 12.7 Å². The highest BCUT2D eigenvalue weighted by molar-refractivity contribution is 6.32. The molecular formula is C14H18N2O4. The van der Waals surface area contributed by atoms with Gasteiger partial charge in [-0.2, -0.15) is 0 Å². The Bertz CT molecular complexity index is 464. The molecule has 20 heavy (non-hydrogen) atoms. The third-order valence-corrected chi connectivity index (χ3v) is 3.07. The highest BCUT2D eigenvalue weighted by atomic mass is 16.5. The second-order valence-corrected chi connectivity index (χ2v) is 4.54. The number of hydrogen-bond donors (Lipinski definition) is 0. The van der Waals surface area contributed by atoms with Crippen molar-refractivity contribution in [1.82, 2.24) is 9.88 Å². The maximum Gasteiger partial charge on any atom is 0.397 e. The van der Waals surface area contributed by atoms with E-state index in [1.54, 1.807) is 31.5 Å². The molecule has 1 aromatic rings. The number of piperidine rings is 1. The zero-order valence-electron chi connectivity index (χ0n) is 11.4. The van der Waals surface area contributed by atoms with Gasteiger partial charge in [-0.15, -0.1) is 0 Å². The van der Waals surface area contributed by atoms with Crippen LogP contribution in [0.25, 0.3) is 0 Å². The van der Waals surface area contributed by atoms with E-state index in [9.17, 15) is 9.59 Å². The molecule has 0 N–H and O–H groups in total. The van der Waals surface area contributed by atoms with Gasteiger partial charge in [0.15, 0.2) is 0 Å². The van der Waals surface area contributed by atoms with Crippen LogP contribution in [-0.2, 0) is 14.3 Å². The van der Waals surface area contributed by atoms with Crippen molar-refractivity contribution in [3.8, 4) is 5.75 Å². The Kier molecular flexibility index (Phi) is 4.92. The van der Waals surface area contributed by atoms with Gasteiger partial charge >= 0.3 is 11.9 Å². The lowest BCUT2D eigenvalue weighted by molar-refractivity contribution is -0.161. The van der Waals surface area contributed by atoms with Crippen molar-refractivity contribution in [2.45, 2.75) is 25.9 Å². The van der Waals surface area contributed by atoms with Crippen molar-refractivity contribution in [1.29, 1.82) is 0 Å². The summed E-state index contributed by atoms with van der Waals surface area (Å²) in [6.45, 7) is 2.85. The van der Waals surface area contributed by atoms with E-state index in [4.69, 9.17) is 9.47 Å². The molecule has 1 aromatic heterocycles.